The summed E-state index contributed by atoms with van der Waals surface area (Å²) in [4.78, 5) is 36.4. The first kappa shape index (κ1) is 14.8. The van der Waals surface area contributed by atoms with E-state index in [1.807, 2.05) is 0 Å². The van der Waals surface area contributed by atoms with Gasteiger partial charge in [0.25, 0.3) is 5.91 Å². The van der Waals surface area contributed by atoms with Crippen LogP contribution in [-0.4, -0.2) is 42.0 Å². The number of amides is 3. The summed E-state index contributed by atoms with van der Waals surface area (Å²) in [6.45, 7) is 2.17. The number of hydrogen-bond donors (Lipinski definition) is 1. The number of ether oxygens (including phenoxy) is 1. The lowest BCUT2D eigenvalue weighted by atomic mass is 9.99. The number of nitrogens with zero attached hydrogens (tertiary/aromatic N) is 1. The largest absolute Gasteiger partial charge is 0.449 e. The van der Waals surface area contributed by atoms with Crippen LogP contribution in [0.25, 0.3) is 0 Å². The first-order valence-electron chi connectivity index (χ1n) is 6.68. The minimum Gasteiger partial charge on any atom is -0.449 e. The molecule has 0 spiro atoms. The van der Waals surface area contributed by atoms with Crippen molar-refractivity contribution < 1.29 is 19.1 Å². The third-order valence-electron chi connectivity index (χ3n) is 3.40. The molecule has 1 N–H and O–H groups in total. The highest BCUT2D eigenvalue weighted by molar-refractivity contribution is 6.31. The zero-order chi connectivity index (χ0) is 14.7. The summed E-state index contributed by atoms with van der Waals surface area (Å²) < 4.78 is 5.13. The van der Waals surface area contributed by atoms with Crippen LogP contribution in [0.3, 0.4) is 0 Å². The van der Waals surface area contributed by atoms with Gasteiger partial charge in [-0.05, 0) is 32.6 Å². The number of imide groups is 1. The highest BCUT2D eigenvalue weighted by Gasteiger charge is 2.32. The van der Waals surface area contributed by atoms with E-state index >= 15 is 0 Å². The van der Waals surface area contributed by atoms with Crippen LogP contribution in [0, 0.1) is 0 Å². The van der Waals surface area contributed by atoms with Gasteiger partial charge in [-0.2, -0.15) is 0 Å². The molecule has 110 valence electrons. The van der Waals surface area contributed by atoms with E-state index in [0.717, 1.165) is 17.7 Å². The molecule has 1 heterocycles. The number of carbonyl (C=O) groups excluding carboxylic acids is 3. The summed E-state index contributed by atoms with van der Waals surface area (Å²) in [5.41, 5.74) is 0.448. The summed E-state index contributed by atoms with van der Waals surface area (Å²) in [6, 6.07) is -0.451. The summed E-state index contributed by atoms with van der Waals surface area (Å²) in [5, 5.41) is 3.04. The minimum absolute atomic E-state index is 0.295. The van der Waals surface area contributed by atoms with Crippen molar-refractivity contribution in [3.8, 4) is 0 Å². The number of halogens is 1. The van der Waals surface area contributed by atoms with Crippen molar-refractivity contribution in [3.63, 3.8) is 0 Å². The molecule has 2 aliphatic rings. The second-order valence-electron chi connectivity index (χ2n) is 4.86. The lowest BCUT2D eigenvalue weighted by molar-refractivity contribution is -0.154. The van der Waals surface area contributed by atoms with Crippen molar-refractivity contribution in [1.29, 1.82) is 0 Å². The third kappa shape index (κ3) is 3.12. The Kier molecular flexibility index (Phi) is 4.65. The molecule has 2 rings (SSSR count). The molecule has 0 aromatic heterocycles. The number of rotatable bonds is 3. The second kappa shape index (κ2) is 6.26. The van der Waals surface area contributed by atoms with Crippen LogP contribution >= 0.6 is 11.6 Å². The van der Waals surface area contributed by atoms with E-state index in [1.165, 1.54) is 6.92 Å². The van der Waals surface area contributed by atoms with E-state index in [2.05, 4.69) is 5.32 Å². The average molecular weight is 301 g/mol. The molecule has 20 heavy (non-hydrogen) atoms. The molecule has 1 saturated heterocycles. The summed E-state index contributed by atoms with van der Waals surface area (Å²) in [5.74, 6) is -1.07. The van der Waals surface area contributed by atoms with Crippen molar-refractivity contribution in [1.82, 2.24) is 10.2 Å². The second-order valence-corrected chi connectivity index (χ2v) is 5.32. The van der Waals surface area contributed by atoms with Gasteiger partial charge in [0.2, 0.25) is 0 Å². The minimum atomic E-state index is -0.995. The van der Waals surface area contributed by atoms with Crippen molar-refractivity contribution in [3.05, 3.63) is 10.6 Å². The first-order valence-corrected chi connectivity index (χ1v) is 7.06. The third-order valence-corrected chi connectivity index (χ3v) is 3.82. The molecule has 0 radical (unpaired) electrons. The van der Waals surface area contributed by atoms with Crippen LogP contribution in [0.4, 0.5) is 4.79 Å². The van der Waals surface area contributed by atoms with E-state index in [4.69, 9.17) is 16.3 Å². The van der Waals surface area contributed by atoms with Crippen molar-refractivity contribution in [2.24, 2.45) is 0 Å². The smallest absolute Gasteiger partial charge is 0.335 e. The molecule has 0 bridgehead atoms. The zero-order valence-corrected chi connectivity index (χ0v) is 12.0. The molecule has 6 nitrogen and oxygen atoms in total. The lowest BCUT2D eigenvalue weighted by Gasteiger charge is -2.20. The van der Waals surface area contributed by atoms with Gasteiger partial charge in [0, 0.05) is 18.1 Å². The van der Waals surface area contributed by atoms with Crippen LogP contribution in [-0.2, 0) is 14.3 Å². The Balaban J connectivity index is 1.97. The molecule has 1 fully saturated rings. The van der Waals surface area contributed by atoms with E-state index in [1.54, 1.807) is 0 Å². The van der Waals surface area contributed by atoms with Crippen LogP contribution in [0.2, 0.25) is 0 Å². The number of nitrogens with one attached hydrogen (secondary N) is 1. The molecule has 3 amide bonds. The Morgan fingerprint density at radius 1 is 1.35 bits per heavy atom. The number of esters is 1. The van der Waals surface area contributed by atoms with Crippen LogP contribution in [0.15, 0.2) is 10.6 Å². The monoisotopic (exact) mass is 300 g/mol. The Hall–Kier alpha value is -1.56. The van der Waals surface area contributed by atoms with Crippen LogP contribution in [0.1, 0.15) is 32.6 Å². The highest BCUT2D eigenvalue weighted by Crippen LogP contribution is 2.28. The standard InChI is InChI=1S/C13H17ClN2O4/c1-8(11(17)16-7-6-15-13(16)19)20-12(18)9-4-2-3-5-10(9)14/h8H,2-7H2,1H3,(H,15,19). The van der Waals surface area contributed by atoms with Gasteiger partial charge in [0.1, 0.15) is 0 Å². The van der Waals surface area contributed by atoms with Gasteiger partial charge >= 0.3 is 12.0 Å². The molecule has 0 aromatic carbocycles. The Morgan fingerprint density at radius 2 is 2.05 bits per heavy atom. The molecular formula is C13H17ClN2O4. The van der Waals surface area contributed by atoms with Gasteiger partial charge in [-0.1, -0.05) is 11.6 Å². The molecular weight excluding hydrogens is 284 g/mol. The number of carbonyl (C=O) groups is 3. The van der Waals surface area contributed by atoms with Crippen molar-refractivity contribution >= 4 is 29.5 Å². The Morgan fingerprint density at radius 3 is 2.65 bits per heavy atom. The fraction of sp³-hybridized carbons (Fsp3) is 0.615. The zero-order valence-electron chi connectivity index (χ0n) is 11.3. The molecule has 1 atom stereocenters. The Bertz CT molecular complexity index is 475. The molecule has 7 heteroatoms. The number of urea groups is 1. The van der Waals surface area contributed by atoms with Crippen LogP contribution in [0.5, 0.6) is 0 Å². The predicted molar refractivity (Wildman–Crippen MR) is 72.0 cm³/mol. The van der Waals surface area contributed by atoms with Gasteiger partial charge in [0.05, 0.1) is 5.57 Å². The van der Waals surface area contributed by atoms with Gasteiger partial charge in [-0.3, -0.25) is 9.69 Å². The predicted octanol–water partition coefficient (Wildman–Crippen LogP) is 1.54. The first-order chi connectivity index (χ1) is 9.50. The van der Waals surface area contributed by atoms with E-state index in [0.29, 0.717) is 36.5 Å². The lowest BCUT2D eigenvalue weighted by Crippen LogP contribution is -2.42. The van der Waals surface area contributed by atoms with Gasteiger partial charge in [0.15, 0.2) is 6.10 Å². The fourth-order valence-corrected chi connectivity index (χ4v) is 2.57. The molecule has 0 saturated carbocycles. The van der Waals surface area contributed by atoms with E-state index < -0.39 is 24.0 Å². The topological polar surface area (TPSA) is 75.7 Å². The van der Waals surface area contributed by atoms with Crippen molar-refractivity contribution in [2.45, 2.75) is 38.7 Å². The van der Waals surface area contributed by atoms with Gasteiger partial charge < -0.3 is 10.1 Å². The SMILES string of the molecule is CC(OC(=O)C1=C(Cl)CCCC1)C(=O)N1CCNC1=O. The fourth-order valence-electron chi connectivity index (χ4n) is 2.26. The summed E-state index contributed by atoms with van der Waals surface area (Å²) in [6.07, 6.45) is 2.09. The average Bonchev–Trinajstić information content (AvgIpc) is 2.84. The molecule has 0 aromatic rings. The highest BCUT2D eigenvalue weighted by atomic mass is 35.5. The van der Waals surface area contributed by atoms with E-state index in [-0.39, 0.29) is 0 Å². The maximum absolute atomic E-state index is 12.0. The summed E-state index contributed by atoms with van der Waals surface area (Å²) >= 11 is 6.01. The molecule has 1 aliphatic carbocycles. The molecule has 1 aliphatic heterocycles. The van der Waals surface area contributed by atoms with Crippen molar-refractivity contribution in [2.75, 3.05) is 13.1 Å². The Labute approximate surface area is 122 Å². The summed E-state index contributed by atoms with van der Waals surface area (Å²) in [7, 11) is 0. The van der Waals surface area contributed by atoms with Gasteiger partial charge in [-0.15, -0.1) is 0 Å². The van der Waals surface area contributed by atoms with Crippen LogP contribution < -0.4 is 5.32 Å². The quantitative estimate of drug-likeness (QED) is 0.802. The number of hydrogen-bond acceptors (Lipinski definition) is 4. The maximum Gasteiger partial charge on any atom is 0.335 e. The maximum atomic E-state index is 12.0. The number of allylic oxidation sites excluding steroid dienone is 1. The normalized spacial score (nSPS) is 20.7. The van der Waals surface area contributed by atoms with Gasteiger partial charge in [-0.25, -0.2) is 9.59 Å². The molecule has 1 unspecified atom stereocenters. The van der Waals surface area contributed by atoms with E-state index in [9.17, 15) is 14.4 Å².